The van der Waals surface area contributed by atoms with Crippen molar-refractivity contribution in [2.45, 2.75) is 26.2 Å². The first kappa shape index (κ1) is 11.1. The fraction of sp³-hybridized carbons (Fsp3) is 0.500. The molecular formula is C12H15NO3. The molecular weight excluding hydrogens is 206 g/mol. The Morgan fingerprint density at radius 2 is 2.19 bits per heavy atom. The molecule has 1 saturated carbocycles. The van der Waals surface area contributed by atoms with Gasteiger partial charge in [0.2, 0.25) is 0 Å². The maximum atomic E-state index is 10.8. The maximum absolute atomic E-state index is 10.8. The van der Waals surface area contributed by atoms with Gasteiger partial charge < -0.3 is 5.11 Å². The van der Waals surface area contributed by atoms with Crippen LogP contribution < -0.4 is 0 Å². The zero-order valence-electron chi connectivity index (χ0n) is 9.27. The SMILES string of the molecule is Cc1ccc(CC2(CO)CC2)cc1[N+](=O)[O-]. The number of hydrogen-bond donors (Lipinski definition) is 1. The van der Waals surface area contributed by atoms with Gasteiger partial charge in [0, 0.05) is 18.2 Å². The average Bonchev–Trinajstić information content (AvgIpc) is 3.01. The Balaban J connectivity index is 2.23. The molecule has 0 spiro atoms. The van der Waals surface area contributed by atoms with Crippen LogP contribution in [0.3, 0.4) is 0 Å². The van der Waals surface area contributed by atoms with Crippen LogP contribution in [0.2, 0.25) is 0 Å². The van der Waals surface area contributed by atoms with Gasteiger partial charge in [0.1, 0.15) is 0 Å². The van der Waals surface area contributed by atoms with E-state index in [1.54, 1.807) is 19.1 Å². The van der Waals surface area contributed by atoms with Gasteiger partial charge in [0.15, 0.2) is 0 Å². The maximum Gasteiger partial charge on any atom is 0.272 e. The van der Waals surface area contributed by atoms with E-state index < -0.39 is 0 Å². The Bertz CT molecular complexity index is 424. The molecule has 4 heteroatoms. The van der Waals surface area contributed by atoms with Gasteiger partial charge in [0.25, 0.3) is 5.69 Å². The minimum Gasteiger partial charge on any atom is -0.396 e. The smallest absolute Gasteiger partial charge is 0.272 e. The number of aryl methyl sites for hydroxylation is 1. The van der Waals surface area contributed by atoms with Crippen LogP contribution in [0.25, 0.3) is 0 Å². The molecule has 0 heterocycles. The van der Waals surface area contributed by atoms with E-state index in [1.165, 1.54) is 0 Å². The fourth-order valence-corrected chi connectivity index (χ4v) is 1.96. The van der Waals surface area contributed by atoms with E-state index in [4.69, 9.17) is 0 Å². The number of aliphatic hydroxyl groups is 1. The average molecular weight is 221 g/mol. The summed E-state index contributed by atoms with van der Waals surface area (Å²) in [6, 6.07) is 5.32. The molecule has 2 rings (SSSR count). The molecule has 1 aromatic carbocycles. The summed E-state index contributed by atoms with van der Waals surface area (Å²) in [6.07, 6.45) is 2.78. The minimum atomic E-state index is -0.350. The Morgan fingerprint density at radius 1 is 1.50 bits per heavy atom. The number of nitrogens with zero attached hydrogens (tertiary/aromatic N) is 1. The van der Waals surface area contributed by atoms with E-state index >= 15 is 0 Å². The predicted molar refractivity (Wildman–Crippen MR) is 60.3 cm³/mol. The summed E-state index contributed by atoms with van der Waals surface area (Å²) in [5.41, 5.74) is 1.81. The van der Waals surface area contributed by atoms with E-state index in [-0.39, 0.29) is 22.6 Å². The number of rotatable bonds is 4. The summed E-state index contributed by atoms with van der Waals surface area (Å²) < 4.78 is 0. The molecule has 0 saturated heterocycles. The van der Waals surface area contributed by atoms with Crippen molar-refractivity contribution in [2.75, 3.05) is 6.61 Å². The highest BCUT2D eigenvalue weighted by Crippen LogP contribution is 2.48. The van der Waals surface area contributed by atoms with Gasteiger partial charge in [-0.3, -0.25) is 10.1 Å². The molecule has 1 fully saturated rings. The topological polar surface area (TPSA) is 63.4 Å². The van der Waals surface area contributed by atoms with Gasteiger partial charge in [-0.1, -0.05) is 12.1 Å². The van der Waals surface area contributed by atoms with Crippen molar-refractivity contribution in [2.24, 2.45) is 5.41 Å². The standard InChI is InChI=1S/C12H15NO3/c1-9-2-3-10(6-11(9)13(15)16)7-12(8-14)4-5-12/h2-3,6,14H,4-5,7-8H2,1H3. The Kier molecular flexibility index (Phi) is 2.68. The van der Waals surface area contributed by atoms with Crippen molar-refractivity contribution in [1.29, 1.82) is 0 Å². The molecule has 1 aliphatic carbocycles. The molecule has 0 radical (unpaired) electrons. The third kappa shape index (κ3) is 2.07. The minimum absolute atomic E-state index is 0.00310. The van der Waals surface area contributed by atoms with Crippen molar-refractivity contribution >= 4 is 5.69 Å². The van der Waals surface area contributed by atoms with E-state index in [1.807, 2.05) is 6.07 Å². The normalized spacial score (nSPS) is 17.1. The zero-order valence-corrected chi connectivity index (χ0v) is 9.27. The van der Waals surface area contributed by atoms with E-state index in [0.717, 1.165) is 24.8 Å². The second-order valence-electron chi connectivity index (χ2n) is 4.71. The second-order valence-corrected chi connectivity index (χ2v) is 4.71. The largest absolute Gasteiger partial charge is 0.396 e. The van der Waals surface area contributed by atoms with Crippen molar-refractivity contribution in [3.05, 3.63) is 39.4 Å². The third-order valence-corrected chi connectivity index (χ3v) is 3.34. The summed E-state index contributed by atoms with van der Waals surface area (Å²) in [7, 11) is 0. The van der Waals surface area contributed by atoms with E-state index in [9.17, 15) is 15.2 Å². The monoisotopic (exact) mass is 221 g/mol. The van der Waals surface area contributed by atoms with E-state index in [2.05, 4.69) is 0 Å². The van der Waals surface area contributed by atoms with Gasteiger partial charge in [-0.05, 0) is 37.2 Å². The Hall–Kier alpha value is -1.42. The zero-order chi connectivity index (χ0) is 11.8. The van der Waals surface area contributed by atoms with Crippen LogP contribution in [0.15, 0.2) is 18.2 Å². The first-order valence-corrected chi connectivity index (χ1v) is 5.41. The van der Waals surface area contributed by atoms with Crippen molar-refractivity contribution in [1.82, 2.24) is 0 Å². The highest BCUT2D eigenvalue weighted by Gasteiger charge is 2.41. The van der Waals surface area contributed by atoms with Crippen LogP contribution in [0, 0.1) is 22.5 Å². The molecule has 0 amide bonds. The Morgan fingerprint density at radius 3 is 2.69 bits per heavy atom. The lowest BCUT2D eigenvalue weighted by molar-refractivity contribution is -0.385. The fourth-order valence-electron chi connectivity index (χ4n) is 1.96. The summed E-state index contributed by atoms with van der Waals surface area (Å²) in [5.74, 6) is 0. The molecule has 1 N–H and O–H groups in total. The highest BCUT2D eigenvalue weighted by molar-refractivity contribution is 5.42. The van der Waals surface area contributed by atoms with Gasteiger partial charge >= 0.3 is 0 Å². The first-order valence-electron chi connectivity index (χ1n) is 5.41. The molecule has 0 unspecified atom stereocenters. The van der Waals surface area contributed by atoms with Crippen LogP contribution in [0.1, 0.15) is 24.0 Å². The first-order chi connectivity index (χ1) is 7.56. The summed E-state index contributed by atoms with van der Waals surface area (Å²) in [4.78, 5) is 10.4. The van der Waals surface area contributed by atoms with Crippen molar-refractivity contribution in [3.8, 4) is 0 Å². The number of nitro groups is 1. The quantitative estimate of drug-likeness (QED) is 0.626. The van der Waals surface area contributed by atoms with Crippen LogP contribution in [0.5, 0.6) is 0 Å². The molecule has 0 aromatic heterocycles. The molecule has 0 aliphatic heterocycles. The third-order valence-electron chi connectivity index (χ3n) is 3.34. The van der Waals surface area contributed by atoms with Gasteiger partial charge in [0.05, 0.1) is 4.92 Å². The predicted octanol–water partition coefficient (Wildman–Crippen LogP) is 2.22. The van der Waals surface area contributed by atoms with Gasteiger partial charge in [-0.2, -0.15) is 0 Å². The molecule has 1 aliphatic rings. The van der Waals surface area contributed by atoms with E-state index in [0.29, 0.717) is 5.56 Å². The Labute approximate surface area is 94.1 Å². The van der Waals surface area contributed by atoms with Crippen LogP contribution in [0.4, 0.5) is 5.69 Å². The van der Waals surface area contributed by atoms with Crippen LogP contribution in [-0.2, 0) is 6.42 Å². The number of aliphatic hydroxyl groups excluding tert-OH is 1. The number of nitro benzene ring substituents is 1. The molecule has 0 atom stereocenters. The lowest BCUT2D eigenvalue weighted by Crippen LogP contribution is -2.10. The number of hydrogen-bond acceptors (Lipinski definition) is 3. The lowest BCUT2D eigenvalue weighted by Gasteiger charge is -2.11. The van der Waals surface area contributed by atoms with Crippen molar-refractivity contribution in [3.63, 3.8) is 0 Å². The van der Waals surface area contributed by atoms with Gasteiger partial charge in [-0.25, -0.2) is 0 Å². The molecule has 1 aromatic rings. The molecule has 0 bridgehead atoms. The van der Waals surface area contributed by atoms with Crippen LogP contribution >= 0.6 is 0 Å². The lowest BCUT2D eigenvalue weighted by atomic mass is 9.96. The number of benzene rings is 1. The summed E-state index contributed by atoms with van der Waals surface area (Å²) in [6.45, 7) is 1.91. The molecule has 4 nitrogen and oxygen atoms in total. The van der Waals surface area contributed by atoms with Gasteiger partial charge in [-0.15, -0.1) is 0 Å². The molecule has 16 heavy (non-hydrogen) atoms. The highest BCUT2D eigenvalue weighted by atomic mass is 16.6. The summed E-state index contributed by atoms with van der Waals surface area (Å²) >= 11 is 0. The van der Waals surface area contributed by atoms with Crippen molar-refractivity contribution < 1.29 is 10.0 Å². The molecule has 86 valence electrons. The second kappa shape index (κ2) is 3.87. The summed E-state index contributed by atoms with van der Waals surface area (Å²) in [5, 5.41) is 20.0. The van der Waals surface area contributed by atoms with Crippen LogP contribution in [-0.4, -0.2) is 16.6 Å².